The maximum atomic E-state index is 13.6. The minimum absolute atomic E-state index is 0.0283. The molecule has 0 radical (unpaired) electrons. The number of halogens is 2. The van der Waals surface area contributed by atoms with Crippen molar-refractivity contribution < 1.29 is 26.7 Å². The van der Waals surface area contributed by atoms with Crippen LogP contribution in [0.25, 0.3) is 0 Å². The third kappa shape index (κ3) is 5.87. The molecule has 9 heteroatoms. The molecular formula is C22H20F2N2O4S. The van der Waals surface area contributed by atoms with Gasteiger partial charge >= 0.3 is 0 Å². The van der Waals surface area contributed by atoms with Gasteiger partial charge in [0.2, 0.25) is 10.0 Å². The second kappa shape index (κ2) is 9.67. The lowest BCUT2D eigenvalue weighted by Crippen LogP contribution is -2.26. The minimum atomic E-state index is -3.77. The summed E-state index contributed by atoms with van der Waals surface area (Å²) in [4.78, 5) is 11.9. The van der Waals surface area contributed by atoms with Crippen LogP contribution in [0.1, 0.15) is 18.5 Å². The fourth-order valence-corrected chi connectivity index (χ4v) is 4.00. The van der Waals surface area contributed by atoms with Crippen LogP contribution in [0, 0.1) is 11.6 Å². The lowest BCUT2D eigenvalue weighted by Gasteiger charge is -2.15. The maximum Gasteiger partial charge on any atom is 0.262 e. The van der Waals surface area contributed by atoms with Crippen LogP contribution < -0.4 is 14.8 Å². The Labute approximate surface area is 178 Å². The van der Waals surface area contributed by atoms with Gasteiger partial charge in [0.1, 0.15) is 23.1 Å². The Hall–Kier alpha value is -3.30. The Morgan fingerprint density at radius 3 is 2.16 bits per heavy atom. The molecule has 0 saturated carbocycles. The summed E-state index contributed by atoms with van der Waals surface area (Å²) in [6.07, 6.45) is 0. The molecule has 3 aromatic rings. The number of sulfonamides is 1. The molecule has 0 aliphatic heterocycles. The molecule has 6 nitrogen and oxygen atoms in total. The molecule has 0 fully saturated rings. The number of carbonyl (C=O) groups excluding carboxylic acids is 1. The summed E-state index contributed by atoms with van der Waals surface area (Å²) < 4.78 is 60.1. The number of hydrogen-bond acceptors (Lipinski definition) is 4. The molecule has 0 saturated heterocycles. The van der Waals surface area contributed by atoms with Crippen LogP contribution in [0.4, 0.5) is 14.5 Å². The molecule has 2 N–H and O–H groups in total. The smallest absolute Gasteiger partial charge is 0.262 e. The second-order valence-electron chi connectivity index (χ2n) is 6.66. The summed E-state index contributed by atoms with van der Waals surface area (Å²) >= 11 is 0. The Bertz CT molecular complexity index is 1130. The van der Waals surface area contributed by atoms with Crippen molar-refractivity contribution in [1.82, 2.24) is 4.72 Å². The first kappa shape index (κ1) is 22.4. The van der Waals surface area contributed by atoms with Crippen molar-refractivity contribution in [2.24, 2.45) is 0 Å². The highest BCUT2D eigenvalue weighted by Crippen LogP contribution is 2.20. The van der Waals surface area contributed by atoms with Crippen LogP contribution in [-0.2, 0) is 14.8 Å². The van der Waals surface area contributed by atoms with Gasteiger partial charge in [-0.1, -0.05) is 36.4 Å². The molecular weight excluding hydrogens is 426 g/mol. The highest BCUT2D eigenvalue weighted by molar-refractivity contribution is 7.89. The van der Waals surface area contributed by atoms with Crippen molar-refractivity contribution in [3.8, 4) is 5.75 Å². The summed E-state index contributed by atoms with van der Waals surface area (Å²) in [5, 5.41) is 2.10. The first-order chi connectivity index (χ1) is 14.8. The van der Waals surface area contributed by atoms with Crippen LogP contribution in [0.3, 0.4) is 0 Å². The molecule has 3 aromatic carbocycles. The van der Waals surface area contributed by atoms with Gasteiger partial charge in [-0.3, -0.25) is 4.79 Å². The highest BCUT2D eigenvalue weighted by atomic mass is 32.2. The van der Waals surface area contributed by atoms with Gasteiger partial charge in [0, 0.05) is 6.04 Å². The van der Waals surface area contributed by atoms with Crippen LogP contribution in [0.5, 0.6) is 5.75 Å². The van der Waals surface area contributed by atoms with E-state index in [4.69, 9.17) is 4.74 Å². The van der Waals surface area contributed by atoms with Gasteiger partial charge in [-0.25, -0.2) is 21.9 Å². The second-order valence-corrected chi connectivity index (χ2v) is 8.37. The molecule has 31 heavy (non-hydrogen) atoms. The molecule has 162 valence electrons. The monoisotopic (exact) mass is 446 g/mol. The number of para-hydroxylation sites is 1. The van der Waals surface area contributed by atoms with E-state index >= 15 is 0 Å². The summed E-state index contributed by atoms with van der Waals surface area (Å²) in [6.45, 7) is 1.23. The van der Waals surface area contributed by atoms with E-state index in [-0.39, 0.29) is 10.6 Å². The van der Waals surface area contributed by atoms with Crippen molar-refractivity contribution in [3.63, 3.8) is 0 Å². The maximum absolute atomic E-state index is 13.6. The van der Waals surface area contributed by atoms with Crippen molar-refractivity contribution in [1.29, 1.82) is 0 Å². The number of hydrogen-bond donors (Lipinski definition) is 2. The predicted octanol–water partition coefficient (Wildman–Crippen LogP) is 4.02. The topological polar surface area (TPSA) is 84.5 Å². The summed E-state index contributed by atoms with van der Waals surface area (Å²) in [6, 6.07) is 17.4. The van der Waals surface area contributed by atoms with Gasteiger partial charge in [-0.2, -0.15) is 0 Å². The first-order valence-electron chi connectivity index (χ1n) is 9.30. The highest BCUT2D eigenvalue weighted by Gasteiger charge is 2.18. The zero-order valence-electron chi connectivity index (χ0n) is 16.5. The molecule has 1 atom stereocenters. The number of ether oxygens (including phenoxy) is 1. The molecule has 0 heterocycles. The van der Waals surface area contributed by atoms with Crippen molar-refractivity contribution >= 4 is 21.6 Å². The largest absolute Gasteiger partial charge is 0.484 e. The van der Waals surface area contributed by atoms with E-state index in [1.807, 2.05) is 30.3 Å². The summed E-state index contributed by atoms with van der Waals surface area (Å²) in [5.74, 6) is -2.35. The number of carbonyl (C=O) groups is 1. The molecule has 0 spiro atoms. The van der Waals surface area contributed by atoms with E-state index in [9.17, 15) is 22.0 Å². The van der Waals surface area contributed by atoms with Crippen LogP contribution >= 0.6 is 0 Å². The third-order valence-corrected chi connectivity index (χ3v) is 5.92. The van der Waals surface area contributed by atoms with E-state index in [2.05, 4.69) is 10.0 Å². The van der Waals surface area contributed by atoms with Gasteiger partial charge in [0.25, 0.3) is 5.91 Å². The Morgan fingerprint density at radius 1 is 0.935 bits per heavy atom. The molecule has 0 aliphatic carbocycles. The molecule has 0 bridgehead atoms. The normalized spacial score (nSPS) is 12.2. The average molecular weight is 446 g/mol. The SMILES string of the molecule is C[C@@H](NS(=O)(=O)c1ccc(OCC(=O)Nc2c(F)cccc2F)cc1)c1ccccc1. The van der Waals surface area contributed by atoms with Gasteiger partial charge in [-0.05, 0) is 48.9 Å². The van der Waals surface area contributed by atoms with E-state index in [0.717, 1.165) is 17.7 Å². The van der Waals surface area contributed by atoms with Crippen LogP contribution in [-0.4, -0.2) is 20.9 Å². The zero-order valence-corrected chi connectivity index (χ0v) is 17.3. The van der Waals surface area contributed by atoms with E-state index in [0.29, 0.717) is 0 Å². The van der Waals surface area contributed by atoms with Gasteiger partial charge in [0.05, 0.1) is 4.90 Å². The number of rotatable bonds is 8. The lowest BCUT2D eigenvalue weighted by molar-refractivity contribution is -0.118. The molecule has 3 rings (SSSR count). The minimum Gasteiger partial charge on any atom is -0.484 e. The fraction of sp³-hybridized carbons (Fsp3) is 0.136. The fourth-order valence-electron chi connectivity index (χ4n) is 2.77. The molecule has 1 amide bonds. The number of amides is 1. The van der Waals surface area contributed by atoms with Crippen molar-refractivity contribution in [2.45, 2.75) is 17.9 Å². The summed E-state index contributed by atoms with van der Waals surface area (Å²) in [7, 11) is -3.77. The number of benzene rings is 3. The van der Waals surface area contributed by atoms with Crippen LogP contribution in [0.15, 0.2) is 77.7 Å². The van der Waals surface area contributed by atoms with Gasteiger partial charge in [0.15, 0.2) is 6.61 Å². The van der Waals surface area contributed by atoms with Gasteiger partial charge in [-0.15, -0.1) is 0 Å². The third-order valence-electron chi connectivity index (χ3n) is 4.36. The van der Waals surface area contributed by atoms with Crippen LogP contribution in [0.2, 0.25) is 0 Å². The molecule has 0 aliphatic rings. The zero-order chi connectivity index (χ0) is 22.4. The van der Waals surface area contributed by atoms with Crippen molar-refractivity contribution in [3.05, 3.63) is 90.0 Å². The lowest BCUT2D eigenvalue weighted by atomic mass is 10.1. The standard InChI is InChI=1S/C22H20F2N2O4S/c1-15(16-6-3-2-4-7-16)26-31(28,29)18-12-10-17(11-13-18)30-14-21(27)25-22-19(23)8-5-9-20(22)24/h2-13,15,26H,14H2,1H3,(H,25,27)/t15-/m1/s1. The van der Waals surface area contributed by atoms with Crippen molar-refractivity contribution in [2.75, 3.05) is 11.9 Å². The van der Waals surface area contributed by atoms with E-state index < -0.39 is 45.9 Å². The molecule has 0 aromatic heterocycles. The average Bonchev–Trinajstić information content (AvgIpc) is 2.75. The number of anilines is 1. The Morgan fingerprint density at radius 2 is 1.55 bits per heavy atom. The Balaban J connectivity index is 1.59. The van der Waals surface area contributed by atoms with E-state index in [1.165, 1.54) is 30.3 Å². The van der Waals surface area contributed by atoms with Gasteiger partial charge < -0.3 is 10.1 Å². The summed E-state index contributed by atoms with van der Waals surface area (Å²) in [5.41, 5.74) is 0.263. The Kier molecular flexibility index (Phi) is 6.98. The first-order valence-corrected chi connectivity index (χ1v) is 10.8. The predicted molar refractivity (Wildman–Crippen MR) is 112 cm³/mol. The number of nitrogens with one attached hydrogen (secondary N) is 2. The quantitative estimate of drug-likeness (QED) is 0.547. The molecule has 0 unspecified atom stereocenters. The van der Waals surface area contributed by atoms with E-state index in [1.54, 1.807) is 6.92 Å².